The fourth-order valence-electron chi connectivity index (χ4n) is 2.32. The van der Waals surface area contributed by atoms with Crippen molar-refractivity contribution in [2.24, 2.45) is 11.7 Å². The molecule has 0 aromatic heterocycles. The van der Waals surface area contributed by atoms with E-state index in [0.717, 1.165) is 32.2 Å². The number of hydrogen-bond donors (Lipinski definition) is 2. The van der Waals surface area contributed by atoms with Crippen LogP contribution in [0.2, 0.25) is 0 Å². The van der Waals surface area contributed by atoms with Crippen LogP contribution in [0.25, 0.3) is 0 Å². The zero-order valence-electron chi connectivity index (χ0n) is 11.4. The molecule has 1 unspecified atom stereocenters. The molecule has 1 atom stereocenters. The molecule has 2 amide bonds. The van der Waals surface area contributed by atoms with Crippen LogP contribution in [0.3, 0.4) is 0 Å². The molecule has 0 aromatic carbocycles. The zero-order valence-corrected chi connectivity index (χ0v) is 11.4. The van der Waals surface area contributed by atoms with Crippen LogP contribution in [0.1, 0.15) is 39.5 Å². The fraction of sp³-hybridized carbons (Fsp3) is 0.846. The Morgan fingerprint density at radius 3 is 2.67 bits per heavy atom. The highest BCUT2D eigenvalue weighted by atomic mass is 16.2. The maximum Gasteiger partial charge on any atom is 0.240 e. The first-order chi connectivity index (χ1) is 8.50. The maximum atomic E-state index is 12.4. The molecule has 0 aromatic rings. The van der Waals surface area contributed by atoms with Crippen molar-refractivity contribution in [1.82, 2.24) is 10.2 Å². The normalized spacial score (nSPS) is 20.5. The third kappa shape index (κ3) is 5.04. The summed E-state index contributed by atoms with van der Waals surface area (Å²) in [6, 6.07) is -0.148. The summed E-state index contributed by atoms with van der Waals surface area (Å²) < 4.78 is 0. The molecule has 0 bridgehead atoms. The maximum absolute atomic E-state index is 12.4. The first kappa shape index (κ1) is 15.0. The molecular formula is C13H25N3O2. The van der Waals surface area contributed by atoms with Gasteiger partial charge in [-0.3, -0.25) is 9.59 Å². The highest BCUT2D eigenvalue weighted by molar-refractivity contribution is 5.86. The van der Waals surface area contributed by atoms with Crippen LogP contribution in [-0.4, -0.2) is 42.4 Å². The van der Waals surface area contributed by atoms with Crippen molar-refractivity contribution in [1.29, 1.82) is 0 Å². The summed E-state index contributed by atoms with van der Waals surface area (Å²) in [6.45, 7) is 5.54. The Balaban J connectivity index is 2.63. The number of nitrogens with one attached hydrogen (secondary N) is 1. The average Bonchev–Trinajstić information content (AvgIpc) is 2.54. The monoisotopic (exact) mass is 255 g/mol. The predicted molar refractivity (Wildman–Crippen MR) is 70.9 cm³/mol. The SMILES string of the molecule is CC(C)CN(CC(N)=O)C(=O)C1CCCCCN1. The summed E-state index contributed by atoms with van der Waals surface area (Å²) in [7, 11) is 0. The molecule has 1 saturated heterocycles. The zero-order chi connectivity index (χ0) is 13.5. The van der Waals surface area contributed by atoms with Crippen molar-refractivity contribution in [3.05, 3.63) is 0 Å². The minimum Gasteiger partial charge on any atom is -0.368 e. The van der Waals surface area contributed by atoms with Gasteiger partial charge in [-0.1, -0.05) is 26.7 Å². The first-order valence-electron chi connectivity index (χ1n) is 6.81. The molecule has 1 aliphatic rings. The van der Waals surface area contributed by atoms with Gasteiger partial charge in [0.1, 0.15) is 0 Å². The molecule has 1 aliphatic heterocycles. The second kappa shape index (κ2) is 7.36. The van der Waals surface area contributed by atoms with Crippen LogP contribution < -0.4 is 11.1 Å². The summed E-state index contributed by atoms with van der Waals surface area (Å²) in [5.74, 6) is -0.0962. The van der Waals surface area contributed by atoms with Crippen LogP contribution in [-0.2, 0) is 9.59 Å². The highest BCUT2D eigenvalue weighted by Crippen LogP contribution is 2.11. The lowest BCUT2D eigenvalue weighted by Crippen LogP contribution is -2.49. The third-order valence-electron chi connectivity index (χ3n) is 3.10. The molecule has 0 spiro atoms. The Labute approximate surface area is 109 Å². The molecule has 1 fully saturated rings. The summed E-state index contributed by atoms with van der Waals surface area (Å²) in [5.41, 5.74) is 5.21. The Kier molecular flexibility index (Phi) is 6.12. The van der Waals surface area contributed by atoms with Gasteiger partial charge in [-0.25, -0.2) is 0 Å². The second-order valence-electron chi connectivity index (χ2n) is 5.43. The Bertz CT molecular complexity index is 284. The van der Waals surface area contributed by atoms with Gasteiger partial charge in [0.25, 0.3) is 0 Å². The van der Waals surface area contributed by atoms with Gasteiger partial charge in [0, 0.05) is 6.54 Å². The van der Waals surface area contributed by atoms with Crippen LogP contribution in [0, 0.1) is 5.92 Å². The van der Waals surface area contributed by atoms with Crippen molar-refractivity contribution in [3.63, 3.8) is 0 Å². The number of nitrogens with zero attached hydrogens (tertiary/aromatic N) is 1. The van der Waals surface area contributed by atoms with Gasteiger partial charge in [-0.2, -0.15) is 0 Å². The number of primary amides is 1. The van der Waals surface area contributed by atoms with E-state index in [9.17, 15) is 9.59 Å². The Morgan fingerprint density at radius 1 is 1.33 bits per heavy atom. The molecule has 0 radical (unpaired) electrons. The first-order valence-corrected chi connectivity index (χ1v) is 6.81. The fourth-order valence-corrected chi connectivity index (χ4v) is 2.32. The van der Waals surface area contributed by atoms with E-state index < -0.39 is 5.91 Å². The van der Waals surface area contributed by atoms with Gasteiger partial charge in [0.15, 0.2) is 0 Å². The molecule has 104 valence electrons. The van der Waals surface area contributed by atoms with Crippen LogP contribution in [0.4, 0.5) is 0 Å². The largest absolute Gasteiger partial charge is 0.368 e. The average molecular weight is 255 g/mol. The molecule has 0 saturated carbocycles. The molecule has 5 heteroatoms. The van der Waals surface area contributed by atoms with Crippen molar-refractivity contribution in [3.8, 4) is 0 Å². The molecular weight excluding hydrogens is 230 g/mol. The van der Waals surface area contributed by atoms with E-state index in [-0.39, 0.29) is 18.5 Å². The summed E-state index contributed by atoms with van der Waals surface area (Å²) in [5, 5.41) is 3.26. The van der Waals surface area contributed by atoms with Gasteiger partial charge in [-0.05, 0) is 25.3 Å². The molecule has 18 heavy (non-hydrogen) atoms. The van der Waals surface area contributed by atoms with Crippen molar-refractivity contribution in [2.75, 3.05) is 19.6 Å². The molecule has 3 N–H and O–H groups in total. The van der Waals surface area contributed by atoms with Gasteiger partial charge in [-0.15, -0.1) is 0 Å². The lowest BCUT2D eigenvalue weighted by molar-refractivity contribution is -0.137. The lowest BCUT2D eigenvalue weighted by Gasteiger charge is -2.27. The predicted octanol–water partition coefficient (Wildman–Crippen LogP) is 0.489. The van der Waals surface area contributed by atoms with Gasteiger partial charge in [0.2, 0.25) is 11.8 Å². The van der Waals surface area contributed by atoms with Gasteiger partial charge >= 0.3 is 0 Å². The number of carbonyl (C=O) groups is 2. The van der Waals surface area contributed by atoms with Crippen molar-refractivity contribution >= 4 is 11.8 Å². The number of rotatable bonds is 5. The van der Waals surface area contributed by atoms with Crippen molar-refractivity contribution in [2.45, 2.75) is 45.6 Å². The number of carbonyl (C=O) groups excluding carboxylic acids is 2. The summed E-state index contributed by atoms with van der Waals surface area (Å²) in [4.78, 5) is 25.0. The Hall–Kier alpha value is -1.10. The van der Waals surface area contributed by atoms with E-state index in [1.165, 1.54) is 0 Å². The van der Waals surface area contributed by atoms with Gasteiger partial charge in [0.05, 0.1) is 12.6 Å². The highest BCUT2D eigenvalue weighted by Gasteiger charge is 2.26. The number of nitrogens with two attached hydrogens (primary N) is 1. The van der Waals surface area contributed by atoms with Crippen LogP contribution in [0.5, 0.6) is 0 Å². The van der Waals surface area contributed by atoms with E-state index in [2.05, 4.69) is 5.32 Å². The Morgan fingerprint density at radius 2 is 2.06 bits per heavy atom. The molecule has 1 heterocycles. The summed E-state index contributed by atoms with van der Waals surface area (Å²) in [6.07, 6.45) is 4.20. The van der Waals surface area contributed by atoms with Crippen molar-refractivity contribution < 1.29 is 9.59 Å². The van der Waals surface area contributed by atoms with E-state index >= 15 is 0 Å². The van der Waals surface area contributed by atoms with E-state index in [0.29, 0.717) is 12.5 Å². The topological polar surface area (TPSA) is 75.4 Å². The molecule has 5 nitrogen and oxygen atoms in total. The van der Waals surface area contributed by atoms with E-state index in [1.54, 1.807) is 4.90 Å². The number of amides is 2. The van der Waals surface area contributed by atoms with Gasteiger partial charge < -0.3 is 16.0 Å². The number of hydrogen-bond acceptors (Lipinski definition) is 3. The molecule has 0 aliphatic carbocycles. The summed E-state index contributed by atoms with van der Waals surface area (Å²) >= 11 is 0. The third-order valence-corrected chi connectivity index (χ3v) is 3.10. The van der Waals surface area contributed by atoms with Crippen LogP contribution in [0.15, 0.2) is 0 Å². The quantitative estimate of drug-likeness (QED) is 0.750. The van der Waals surface area contributed by atoms with E-state index in [1.807, 2.05) is 13.8 Å². The standard InChI is InChI=1S/C13H25N3O2/c1-10(2)8-16(9-12(14)17)13(18)11-6-4-3-5-7-15-11/h10-11,15H,3-9H2,1-2H3,(H2,14,17). The second-order valence-corrected chi connectivity index (χ2v) is 5.43. The molecule has 1 rings (SSSR count). The minimum atomic E-state index is -0.447. The minimum absolute atomic E-state index is 0.0180. The smallest absolute Gasteiger partial charge is 0.240 e. The van der Waals surface area contributed by atoms with Crippen LogP contribution >= 0.6 is 0 Å². The lowest BCUT2D eigenvalue weighted by atomic mass is 10.1. The van der Waals surface area contributed by atoms with E-state index in [4.69, 9.17) is 5.73 Å².